The second-order valence-corrected chi connectivity index (χ2v) is 8.26. The molecule has 1 saturated carbocycles. The van der Waals surface area contributed by atoms with Crippen molar-refractivity contribution in [3.05, 3.63) is 0 Å². The molecular weight excluding hydrogens is 236 g/mol. The Bertz CT molecular complexity index is 383. The molecule has 3 fully saturated rings. The number of likely N-dealkylation sites (tertiary alicyclic amines) is 1. The molecule has 1 aliphatic carbocycles. The zero-order valence-corrected chi connectivity index (χ0v) is 11.2. The summed E-state index contributed by atoms with van der Waals surface area (Å²) in [4.78, 5) is 2.47. The van der Waals surface area contributed by atoms with E-state index in [1.807, 2.05) is 0 Å². The molecule has 4 nitrogen and oxygen atoms in total. The summed E-state index contributed by atoms with van der Waals surface area (Å²) in [5, 5.41) is 3.33. The van der Waals surface area contributed by atoms with E-state index in [1.165, 1.54) is 6.26 Å². The zero-order valence-electron chi connectivity index (χ0n) is 10.4. The van der Waals surface area contributed by atoms with Crippen LogP contribution in [-0.4, -0.2) is 57.0 Å². The Morgan fingerprint density at radius 3 is 2.35 bits per heavy atom. The smallest absolute Gasteiger partial charge is 0.151 e. The molecule has 3 aliphatic rings. The molecule has 98 valence electrons. The van der Waals surface area contributed by atoms with Gasteiger partial charge in [-0.05, 0) is 37.8 Å². The molecule has 0 spiro atoms. The van der Waals surface area contributed by atoms with E-state index in [4.69, 9.17) is 0 Å². The van der Waals surface area contributed by atoms with E-state index in [0.29, 0.717) is 6.04 Å². The van der Waals surface area contributed by atoms with Crippen molar-refractivity contribution < 1.29 is 8.42 Å². The van der Waals surface area contributed by atoms with Crippen LogP contribution in [0.2, 0.25) is 0 Å². The number of rotatable bonds is 2. The number of sulfone groups is 1. The standard InChI is InChI=1S/C12H22N2O2S/c1-17(15,16)12-4-2-3-11(12)14-7-9-5-13-6-10(9)8-14/h9-13H,2-8H2,1H3. The van der Waals surface area contributed by atoms with Gasteiger partial charge in [0.05, 0.1) is 5.25 Å². The number of hydrogen-bond donors (Lipinski definition) is 1. The molecule has 0 amide bonds. The fourth-order valence-electron chi connectivity index (χ4n) is 3.99. The second-order valence-electron chi connectivity index (χ2n) is 6.00. The summed E-state index contributed by atoms with van der Waals surface area (Å²) in [5.41, 5.74) is 0. The second kappa shape index (κ2) is 4.21. The summed E-state index contributed by atoms with van der Waals surface area (Å²) in [6, 6.07) is 0.301. The van der Waals surface area contributed by atoms with Gasteiger partial charge in [0.1, 0.15) is 0 Å². The van der Waals surface area contributed by atoms with E-state index >= 15 is 0 Å². The van der Waals surface area contributed by atoms with Crippen LogP contribution in [0.4, 0.5) is 0 Å². The first-order valence-electron chi connectivity index (χ1n) is 6.69. The molecule has 4 atom stereocenters. The molecule has 2 saturated heterocycles. The number of nitrogens with zero attached hydrogens (tertiary/aromatic N) is 1. The third-order valence-corrected chi connectivity index (χ3v) is 6.50. The maximum atomic E-state index is 11.8. The minimum absolute atomic E-state index is 0.103. The van der Waals surface area contributed by atoms with Crippen LogP contribution in [0.1, 0.15) is 19.3 Å². The first kappa shape index (κ1) is 11.9. The van der Waals surface area contributed by atoms with Gasteiger partial charge in [0.15, 0.2) is 9.84 Å². The monoisotopic (exact) mass is 258 g/mol. The lowest BCUT2D eigenvalue weighted by atomic mass is 10.0. The van der Waals surface area contributed by atoms with E-state index < -0.39 is 9.84 Å². The van der Waals surface area contributed by atoms with Gasteiger partial charge in [-0.2, -0.15) is 0 Å². The third kappa shape index (κ3) is 2.13. The fraction of sp³-hybridized carbons (Fsp3) is 1.00. The van der Waals surface area contributed by atoms with Crippen molar-refractivity contribution in [2.24, 2.45) is 11.8 Å². The van der Waals surface area contributed by atoms with Crippen LogP contribution in [0.5, 0.6) is 0 Å². The van der Waals surface area contributed by atoms with E-state index in [1.54, 1.807) is 0 Å². The lowest BCUT2D eigenvalue weighted by Crippen LogP contribution is -2.43. The fourth-order valence-corrected chi connectivity index (χ4v) is 5.46. The Morgan fingerprint density at radius 2 is 1.76 bits per heavy atom. The van der Waals surface area contributed by atoms with Crippen LogP contribution in [0.3, 0.4) is 0 Å². The molecule has 2 aliphatic heterocycles. The first-order chi connectivity index (χ1) is 8.05. The van der Waals surface area contributed by atoms with Crippen LogP contribution in [0.25, 0.3) is 0 Å². The lowest BCUT2D eigenvalue weighted by Gasteiger charge is -2.29. The average molecular weight is 258 g/mol. The van der Waals surface area contributed by atoms with Crippen molar-refractivity contribution >= 4 is 9.84 Å². The van der Waals surface area contributed by atoms with Crippen molar-refractivity contribution in [1.82, 2.24) is 10.2 Å². The third-order valence-electron chi connectivity index (χ3n) is 4.85. The molecule has 0 aromatic heterocycles. The van der Waals surface area contributed by atoms with E-state index in [9.17, 15) is 8.42 Å². The van der Waals surface area contributed by atoms with Crippen LogP contribution in [-0.2, 0) is 9.84 Å². The Morgan fingerprint density at radius 1 is 1.12 bits per heavy atom. The highest BCUT2D eigenvalue weighted by molar-refractivity contribution is 7.91. The average Bonchev–Trinajstić information content (AvgIpc) is 2.89. The maximum absolute atomic E-state index is 11.8. The van der Waals surface area contributed by atoms with Crippen LogP contribution in [0, 0.1) is 11.8 Å². The molecule has 0 bridgehead atoms. The Balaban J connectivity index is 1.72. The molecule has 17 heavy (non-hydrogen) atoms. The van der Waals surface area contributed by atoms with Crippen molar-refractivity contribution in [2.75, 3.05) is 32.4 Å². The van der Waals surface area contributed by atoms with Crippen molar-refractivity contribution in [3.8, 4) is 0 Å². The van der Waals surface area contributed by atoms with E-state index in [-0.39, 0.29) is 5.25 Å². The van der Waals surface area contributed by atoms with Gasteiger partial charge < -0.3 is 5.32 Å². The topological polar surface area (TPSA) is 49.4 Å². The lowest BCUT2D eigenvalue weighted by molar-refractivity contribution is 0.230. The Labute approximate surface area is 104 Å². The SMILES string of the molecule is CS(=O)(=O)C1CCCC1N1CC2CNCC2C1. The van der Waals surface area contributed by atoms with Gasteiger partial charge >= 0.3 is 0 Å². The maximum Gasteiger partial charge on any atom is 0.151 e. The number of nitrogens with one attached hydrogen (secondary N) is 1. The summed E-state index contributed by atoms with van der Waals surface area (Å²) >= 11 is 0. The zero-order chi connectivity index (χ0) is 12.0. The molecule has 2 heterocycles. The molecule has 0 aromatic carbocycles. The van der Waals surface area contributed by atoms with Gasteiger partial charge in [-0.1, -0.05) is 6.42 Å². The quantitative estimate of drug-likeness (QED) is 0.763. The molecule has 5 heteroatoms. The molecule has 1 N–H and O–H groups in total. The van der Waals surface area contributed by atoms with Crippen LogP contribution < -0.4 is 5.32 Å². The van der Waals surface area contributed by atoms with Crippen LogP contribution >= 0.6 is 0 Å². The van der Waals surface area contributed by atoms with Crippen molar-refractivity contribution in [1.29, 1.82) is 0 Å². The largest absolute Gasteiger partial charge is 0.316 e. The highest BCUT2D eigenvalue weighted by Gasteiger charge is 2.44. The van der Waals surface area contributed by atoms with Crippen LogP contribution in [0.15, 0.2) is 0 Å². The normalized spacial score (nSPS) is 43.1. The summed E-state index contributed by atoms with van der Waals surface area (Å²) in [7, 11) is -2.87. The molecule has 0 radical (unpaired) electrons. The summed E-state index contributed by atoms with van der Waals surface area (Å²) in [5.74, 6) is 1.52. The summed E-state index contributed by atoms with van der Waals surface area (Å²) in [6.45, 7) is 4.46. The Kier molecular flexibility index (Phi) is 2.96. The predicted molar refractivity (Wildman–Crippen MR) is 67.7 cm³/mol. The first-order valence-corrected chi connectivity index (χ1v) is 8.65. The number of hydrogen-bond acceptors (Lipinski definition) is 4. The highest BCUT2D eigenvalue weighted by Crippen LogP contribution is 2.35. The van der Waals surface area contributed by atoms with Crippen molar-refractivity contribution in [3.63, 3.8) is 0 Å². The molecular formula is C12H22N2O2S. The molecule has 0 aromatic rings. The number of fused-ring (bicyclic) bond motifs is 1. The minimum Gasteiger partial charge on any atom is -0.316 e. The van der Waals surface area contributed by atoms with Gasteiger partial charge in [0.2, 0.25) is 0 Å². The van der Waals surface area contributed by atoms with Gasteiger partial charge in [-0.3, -0.25) is 4.90 Å². The minimum atomic E-state index is -2.87. The van der Waals surface area contributed by atoms with E-state index in [2.05, 4.69) is 10.2 Å². The summed E-state index contributed by atoms with van der Waals surface area (Å²) in [6.07, 6.45) is 4.43. The highest BCUT2D eigenvalue weighted by atomic mass is 32.2. The van der Waals surface area contributed by atoms with Gasteiger partial charge in [0.25, 0.3) is 0 Å². The van der Waals surface area contributed by atoms with Gasteiger partial charge in [0, 0.05) is 25.4 Å². The Hall–Kier alpha value is -0.130. The van der Waals surface area contributed by atoms with Gasteiger partial charge in [-0.25, -0.2) is 8.42 Å². The van der Waals surface area contributed by atoms with Crippen molar-refractivity contribution in [2.45, 2.75) is 30.6 Å². The van der Waals surface area contributed by atoms with E-state index in [0.717, 1.165) is 57.3 Å². The molecule has 4 unspecified atom stereocenters. The summed E-state index contributed by atoms with van der Waals surface area (Å²) < 4.78 is 23.6. The predicted octanol–water partition coefficient (Wildman–Crippen LogP) is 0.103. The van der Waals surface area contributed by atoms with Gasteiger partial charge in [-0.15, -0.1) is 0 Å². The molecule has 3 rings (SSSR count).